The molecule has 0 aromatic carbocycles. The first kappa shape index (κ1) is 17.8. The minimum atomic E-state index is -0.546. The molecular formula is C17H24FN9. The summed E-state index contributed by atoms with van der Waals surface area (Å²) in [6.07, 6.45) is 5.83. The van der Waals surface area contributed by atoms with Crippen LogP contribution in [0.3, 0.4) is 0 Å². The summed E-state index contributed by atoms with van der Waals surface area (Å²) >= 11 is 0. The van der Waals surface area contributed by atoms with Crippen LogP contribution in [0.4, 0.5) is 10.2 Å². The van der Waals surface area contributed by atoms with E-state index in [2.05, 4.69) is 25.2 Å². The summed E-state index contributed by atoms with van der Waals surface area (Å²) in [6.45, 7) is 3.49. The number of aromatic nitrogens is 4. The number of anilines is 1. The fraction of sp³-hybridized carbons (Fsp3) is 0.471. The molecule has 10 heteroatoms. The van der Waals surface area contributed by atoms with Gasteiger partial charge in [0.2, 0.25) is 0 Å². The molecule has 0 amide bonds. The molecule has 4 rings (SSSR count). The highest BCUT2D eigenvalue weighted by Gasteiger charge is 2.41. The normalized spacial score (nSPS) is 24.2. The first-order valence-electron chi connectivity index (χ1n) is 8.93. The highest BCUT2D eigenvalue weighted by atomic mass is 19.1. The third-order valence-electron chi connectivity index (χ3n) is 5.15. The minimum Gasteiger partial charge on any atom is -0.338 e. The lowest BCUT2D eigenvalue weighted by atomic mass is 9.98. The highest BCUT2D eigenvalue weighted by Crippen LogP contribution is 2.36. The van der Waals surface area contributed by atoms with Crippen molar-refractivity contribution < 1.29 is 4.39 Å². The van der Waals surface area contributed by atoms with Crippen LogP contribution in [0, 0.1) is 5.82 Å². The van der Waals surface area contributed by atoms with Crippen molar-refractivity contribution in [1.82, 2.24) is 29.7 Å². The molecule has 4 heterocycles. The SMILES string of the molecule is CC(c1ncc(F)cn1)N1C2=C(CNCC2)C(N)N(c2cn(C)cn2)C1N. The van der Waals surface area contributed by atoms with Gasteiger partial charge in [0, 0.05) is 38.5 Å². The highest BCUT2D eigenvalue weighted by molar-refractivity contribution is 5.46. The zero-order chi connectivity index (χ0) is 19.1. The van der Waals surface area contributed by atoms with Gasteiger partial charge in [-0.15, -0.1) is 0 Å². The molecule has 3 atom stereocenters. The van der Waals surface area contributed by atoms with Crippen LogP contribution >= 0.6 is 0 Å². The standard InChI is InChI=1S/C17H24FN9/c1-10(16-22-5-11(18)6-23-16)26-13-3-4-21-7-12(13)15(19)27(17(26)20)14-8-25(2)9-24-14/h5-6,8-10,15,17,21H,3-4,7,19-20H2,1-2H3. The van der Waals surface area contributed by atoms with E-state index in [0.29, 0.717) is 18.2 Å². The van der Waals surface area contributed by atoms with Crippen LogP contribution in [0.25, 0.3) is 0 Å². The summed E-state index contributed by atoms with van der Waals surface area (Å²) in [4.78, 5) is 16.7. The molecule has 0 fully saturated rings. The predicted molar refractivity (Wildman–Crippen MR) is 98.4 cm³/mol. The number of aryl methyl sites for hydroxylation is 1. The number of nitrogens with two attached hydrogens (primary N) is 2. The Labute approximate surface area is 156 Å². The molecule has 0 aliphatic carbocycles. The molecule has 5 N–H and O–H groups in total. The van der Waals surface area contributed by atoms with Crippen LogP contribution in [0.5, 0.6) is 0 Å². The quantitative estimate of drug-likeness (QED) is 0.689. The maximum absolute atomic E-state index is 13.3. The van der Waals surface area contributed by atoms with Crippen molar-refractivity contribution in [1.29, 1.82) is 0 Å². The van der Waals surface area contributed by atoms with Crippen molar-refractivity contribution in [3.8, 4) is 0 Å². The van der Waals surface area contributed by atoms with Crippen molar-refractivity contribution in [3.05, 3.63) is 47.8 Å². The number of hydrogen-bond acceptors (Lipinski definition) is 8. The van der Waals surface area contributed by atoms with E-state index in [1.165, 1.54) is 12.4 Å². The number of nitrogens with one attached hydrogen (secondary N) is 1. The lowest BCUT2D eigenvalue weighted by Crippen LogP contribution is -2.66. The first-order valence-corrected chi connectivity index (χ1v) is 8.93. The Morgan fingerprint density at radius 3 is 2.67 bits per heavy atom. The molecule has 3 unspecified atom stereocenters. The number of hydrogen-bond donors (Lipinski definition) is 3. The monoisotopic (exact) mass is 373 g/mol. The second-order valence-electron chi connectivity index (χ2n) is 6.90. The average molecular weight is 373 g/mol. The van der Waals surface area contributed by atoms with E-state index in [1.807, 2.05) is 29.6 Å². The van der Waals surface area contributed by atoms with E-state index in [9.17, 15) is 4.39 Å². The summed E-state index contributed by atoms with van der Waals surface area (Å²) in [5.41, 5.74) is 15.4. The van der Waals surface area contributed by atoms with E-state index >= 15 is 0 Å². The fourth-order valence-electron chi connectivity index (χ4n) is 3.82. The summed E-state index contributed by atoms with van der Waals surface area (Å²) in [6, 6.07) is -0.248. The lowest BCUT2D eigenvalue weighted by Gasteiger charge is -2.51. The molecule has 2 aliphatic heterocycles. The van der Waals surface area contributed by atoms with E-state index in [1.54, 1.807) is 6.33 Å². The van der Waals surface area contributed by atoms with Gasteiger partial charge in [0.05, 0.1) is 24.8 Å². The maximum Gasteiger partial charge on any atom is 0.159 e. The zero-order valence-corrected chi connectivity index (χ0v) is 15.4. The maximum atomic E-state index is 13.3. The summed E-state index contributed by atoms with van der Waals surface area (Å²) < 4.78 is 15.1. The van der Waals surface area contributed by atoms with Crippen LogP contribution in [0.15, 0.2) is 36.2 Å². The van der Waals surface area contributed by atoms with Gasteiger partial charge >= 0.3 is 0 Å². The average Bonchev–Trinajstić information content (AvgIpc) is 3.08. The Morgan fingerprint density at radius 1 is 1.26 bits per heavy atom. The van der Waals surface area contributed by atoms with E-state index in [4.69, 9.17) is 11.5 Å². The van der Waals surface area contributed by atoms with Crippen molar-refractivity contribution in [2.75, 3.05) is 18.0 Å². The van der Waals surface area contributed by atoms with Gasteiger partial charge in [-0.25, -0.2) is 19.3 Å². The number of imidazole rings is 1. The molecule has 2 aromatic rings. The van der Waals surface area contributed by atoms with Crippen molar-refractivity contribution >= 4 is 5.82 Å². The topological polar surface area (TPSA) is 114 Å². The summed E-state index contributed by atoms with van der Waals surface area (Å²) in [7, 11) is 1.90. The van der Waals surface area contributed by atoms with Gasteiger partial charge in [-0.2, -0.15) is 0 Å². The predicted octanol–water partition coefficient (Wildman–Crippen LogP) is 0.00690. The molecular weight excluding hydrogens is 349 g/mol. The van der Waals surface area contributed by atoms with Gasteiger partial charge in [0.25, 0.3) is 0 Å². The van der Waals surface area contributed by atoms with Crippen LogP contribution in [-0.4, -0.2) is 50.0 Å². The Balaban J connectivity index is 1.77. The molecule has 2 aliphatic rings. The molecule has 2 aromatic heterocycles. The summed E-state index contributed by atoms with van der Waals surface area (Å²) in [5, 5.41) is 3.37. The Hall–Kier alpha value is -2.56. The van der Waals surface area contributed by atoms with Crippen LogP contribution in [0.2, 0.25) is 0 Å². The van der Waals surface area contributed by atoms with Crippen LogP contribution in [0.1, 0.15) is 25.2 Å². The Kier molecular flexibility index (Phi) is 4.54. The Morgan fingerprint density at radius 2 is 2.00 bits per heavy atom. The van der Waals surface area contributed by atoms with E-state index in [0.717, 1.165) is 24.2 Å². The van der Waals surface area contributed by atoms with E-state index in [-0.39, 0.29) is 12.2 Å². The minimum absolute atomic E-state index is 0.248. The van der Waals surface area contributed by atoms with E-state index < -0.39 is 12.1 Å². The molecule has 144 valence electrons. The van der Waals surface area contributed by atoms with Gasteiger partial charge in [0.15, 0.2) is 23.7 Å². The summed E-state index contributed by atoms with van der Waals surface area (Å²) in [5.74, 6) is 0.744. The first-order chi connectivity index (χ1) is 13.0. The lowest BCUT2D eigenvalue weighted by molar-refractivity contribution is 0.149. The molecule has 0 saturated carbocycles. The Bertz CT molecular complexity index is 846. The molecule has 0 spiro atoms. The van der Waals surface area contributed by atoms with Crippen LogP contribution < -0.4 is 21.7 Å². The molecule has 0 saturated heterocycles. The van der Waals surface area contributed by atoms with Crippen molar-refractivity contribution in [3.63, 3.8) is 0 Å². The fourth-order valence-corrected chi connectivity index (χ4v) is 3.82. The molecule has 27 heavy (non-hydrogen) atoms. The van der Waals surface area contributed by atoms with Gasteiger partial charge in [-0.3, -0.25) is 5.73 Å². The van der Waals surface area contributed by atoms with Gasteiger partial charge in [0.1, 0.15) is 6.17 Å². The smallest absolute Gasteiger partial charge is 0.159 e. The second kappa shape index (κ2) is 6.87. The molecule has 0 radical (unpaired) electrons. The number of nitrogens with zero attached hydrogens (tertiary/aromatic N) is 6. The van der Waals surface area contributed by atoms with Crippen molar-refractivity contribution in [2.45, 2.75) is 31.8 Å². The van der Waals surface area contributed by atoms with Crippen LogP contribution in [-0.2, 0) is 7.05 Å². The second-order valence-corrected chi connectivity index (χ2v) is 6.90. The third-order valence-corrected chi connectivity index (χ3v) is 5.15. The largest absolute Gasteiger partial charge is 0.338 e. The van der Waals surface area contributed by atoms with Gasteiger partial charge in [-0.1, -0.05) is 0 Å². The van der Waals surface area contributed by atoms with Gasteiger partial charge in [-0.05, 0) is 12.5 Å². The van der Waals surface area contributed by atoms with Crippen molar-refractivity contribution in [2.24, 2.45) is 18.5 Å². The number of rotatable bonds is 3. The number of halogens is 1. The zero-order valence-electron chi connectivity index (χ0n) is 15.4. The third kappa shape index (κ3) is 3.05. The molecule has 0 bridgehead atoms. The molecule has 9 nitrogen and oxygen atoms in total. The van der Waals surface area contributed by atoms with Gasteiger partial charge < -0.3 is 25.4 Å².